The predicted molar refractivity (Wildman–Crippen MR) is 109 cm³/mol. The number of hydrogen-bond acceptors (Lipinski definition) is 4. The van der Waals surface area contributed by atoms with E-state index in [-0.39, 0.29) is 17.4 Å². The molecule has 0 fully saturated rings. The zero-order valence-corrected chi connectivity index (χ0v) is 15.9. The van der Waals surface area contributed by atoms with Crippen LogP contribution in [0.1, 0.15) is 37.0 Å². The predicted octanol–water partition coefficient (Wildman–Crippen LogP) is 4.87. The van der Waals surface area contributed by atoms with Gasteiger partial charge in [-0.05, 0) is 36.4 Å². The quantitative estimate of drug-likeness (QED) is 0.603. The molecule has 0 aliphatic carbocycles. The minimum Gasteiger partial charge on any atom is -0.467 e. The maximum absolute atomic E-state index is 12.1. The van der Waals surface area contributed by atoms with Gasteiger partial charge in [0.25, 0.3) is 5.91 Å². The third-order valence-electron chi connectivity index (χ3n) is 3.89. The normalized spacial score (nSPS) is 11.0. The van der Waals surface area contributed by atoms with Gasteiger partial charge in [-0.2, -0.15) is 0 Å². The van der Waals surface area contributed by atoms with Crippen LogP contribution in [0.4, 0.5) is 21.9 Å². The minimum absolute atomic E-state index is 0.133. The van der Waals surface area contributed by atoms with Gasteiger partial charge in [-0.3, -0.25) is 9.78 Å². The van der Waals surface area contributed by atoms with Crippen LogP contribution in [0.25, 0.3) is 0 Å². The third-order valence-corrected chi connectivity index (χ3v) is 3.89. The second-order valence-electron chi connectivity index (χ2n) is 7.28. The van der Waals surface area contributed by atoms with Gasteiger partial charge in [0.05, 0.1) is 5.69 Å². The van der Waals surface area contributed by atoms with Crippen LogP contribution in [0.2, 0.25) is 0 Å². The van der Waals surface area contributed by atoms with Crippen molar-refractivity contribution in [3.63, 3.8) is 0 Å². The number of carbonyl (C=O) groups excluding carboxylic acids is 2. The molecule has 0 atom stereocenters. The molecule has 3 N–H and O–H groups in total. The van der Waals surface area contributed by atoms with Crippen molar-refractivity contribution in [2.45, 2.75) is 26.2 Å². The molecule has 0 saturated carbocycles. The van der Waals surface area contributed by atoms with E-state index >= 15 is 0 Å². The summed E-state index contributed by atoms with van der Waals surface area (Å²) in [7, 11) is 0. The van der Waals surface area contributed by atoms with E-state index in [1.807, 2.05) is 20.8 Å². The van der Waals surface area contributed by atoms with E-state index < -0.39 is 0 Å². The SMILES string of the molecule is CC(C)(C)c1cc(NC(=O)Nc2ccc(NC(=O)c3ccccn3)cc2)co1. The van der Waals surface area contributed by atoms with Crippen LogP contribution in [0.5, 0.6) is 0 Å². The summed E-state index contributed by atoms with van der Waals surface area (Å²) in [5.74, 6) is 0.490. The van der Waals surface area contributed by atoms with E-state index in [1.54, 1.807) is 54.7 Å². The van der Waals surface area contributed by atoms with E-state index in [0.29, 0.717) is 22.8 Å². The van der Waals surface area contributed by atoms with Crippen molar-refractivity contribution in [1.82, 2.24) is 4.98 Å². The molecule has 3 rings (SSSR count). The summed E-state index contributed by atoms with van der Waals surface area (Å²) in [5, 5.41) is 8.22. The van der Waals surface area contributed by atoms with Gasteiger partial charge in [0.15, 0.2) is 0 Å². The van der Waals surface area contributed by atoms with Crippen LogP contribution in [0, 0.1) is 0 Å². The maximum Gasteiger partial charge on any atom is 0.323 e. The number of nitrogens with zero attached hydrogens (tertiary/aromatic N) is 1. The molecule has 0 bridgehead atoms. The lowest BCUT2D eigenvalue weighted by molar-refractivity contribution is 0.102. The second-order valence-corrected chi connectivity index (χ2v) is 7.28. The first-order valence-corrected chi connectivity index (χ1v) is 8.81. The smallest absolute Gasteiger partial charge is 0.323 e. The zero-order valence-electron chi connectivity index (χ0n) is 15.9. The number of rotatable bonds is 4. The Morgan fingerprint density at radius 3 is 2.11 bits per heavy atom. The Morgan fingerprint density at radius 1 is 0.893 bits per heavy atom. The van der Waals surface area contributed by atoms with Gasteiger partial charge in [0.1, 0.15) is 17.7 Å². The summed E-state index contributed by atoms with van der Waals surface area (Å²) in [5.41, 5.74) is 1.98. The Hall–Kier alpha value is -3.61. The van der Waals surface area contributed by atoms with Gasteiger partial charge in [0.2, 0.25) is 0 Å². The molecule has 0 aliphatic heterocycles. The number of hydrogen-bond donors (Lipinski definition) is 3. The van der Waals surface area contributed by atoms with Gasteiger partial charge in [-0.15, -0.1) is 0 Å². The van der Waals surface area contributed by atoms with E-state index in [9.17, 15) is 9.59 Å². The lowest BCUT2D eigenvalue weighted by Gasteiger charge is -2.13. The van der Waals surface area contributed by atoms with Crippen LogP contribution in [-0.4, -0.2) is 16.9 Å². The molecular formula is C21H22N4O3. The molecule has 0 saturated heterocycles. The molecule has 7 nitrogen and oxygen atoms in total. The Kier molecular flexibility index (Phi) is 5.44. The zero-order chi connectivity index (χ0) is 20.1. The first-order chi connectivity index (χ1) is 13.3. The Balaban J connectivity index is 1.56. The van der Waals surface area contributed by atoms with Crippen molar-refractivity contribution in [2.24, 2.45) is 0 Å². The van der Waals surface area contributed by atoms with Crippen molar-refractivity contribution < 1.29 is 14.0 Å². The summed E-state index contributed by atoms with van der Waals surface area (Å²) >= 11 is 0. The van der Waals surface area contributed by atoms with E-state index in [2.05, 4.69) is 20.9 Å². The highest BCUT2D eigenvalue weighted by Crippen LogP contribution is 2.26. The summed E-state index contributed by atoms with van der Waals surface area (Å²) in [6.07, 6.45) is 3.07. The van der Waals surface area contributed by atoms with Gasteiger partial charge in [0, 0.05) is 29.1 Å². The Morgan fingerprint density at radius 2 is 1.54 bits per heavy atom. The monoisotopic (exact) mass is 378 g/mol. The van der Waals surface area contributed by atoms with Gasteiger partial charge in [-0.25, -0.2) is 4.79 Å². The van der Waals surface area contributed by atoms with E-state index in [4.69, 9.17) is 4.42 Å². The van der Waals surface area contributed by atoms with Crippen LogP contribution in [0.3, 0.4) is 0 Å². The standard InChI is InChI=1S/C21H22N4O3/c1-21(2,3)18-12-16(13-28-18)25-20(27)24-15-9-7-14(8-10-15)23-19(26)17-6-4-5-11-22-17/h4-13H,1-3H3,(H,23,26)(H2,24,25,27). The summed E-state index contributed by atoms with van der Waals surface area (Å²) < 4.78 is 5.48. The van der Waals surface area contributed by atoms with Crippen molar-refractivity contribution >= 4 is 29.0 Å². The lowest BCUT2D eigenvalue weighted by atomic mass is 9.93. The lowest BCUT2D eigenvalue weighted by Crippen LogP contribution is -2.19. The molecule has 2 heterocycles. The highest BCUT2D eigenvalue weighted by Gasteiger charge is 2.18. The molecule has 0 radical (unpaired) electrons. The molecule has 7 heteroatoms. The second kappa shape index (κ2) is 7.96. The van der Waals surface area contributed by atoms with Crippen LogP contribution in [0.15, 0.2) is 65.4 Å². The number of aromatic nitrogens is 1. The summed E-state index contributed by atoms with van der Waals surface area (Å²) in [4.78, 5) is 28.2. The third kappa shape index (κ3) is 4.97. The number of anilines is 3. The number of amides is 3. The highest BCUT2D eigenvalue weighted by atomic mass is 16.3. The number of carbonyl (C=O) groups is 2. The average molecular weight is 378 g/mol. The van der Waals surface area contributed by atoms with Crippen LogP contribution in [-0.2, 0) is 5.41 Å². The molecule has 144 valence electrons. The minimum atomic E-state index is -0.383. The number of urea groups is 1. The van der Waals surface area contributed by atoms with Crippen LogP contribution >= 0.6 is 0 Å². The highest BCUT2D eigenvalue weighted by molar-refractivity contribution is 6.03. The Labute approximate surface area is 163 Å². The molecule has 3 amide bonds. The fourth-order valence-corrected chi connectivity index (χ4v) is 2.42. The van der Waals surface area contributed by atoms with Crippen molar-refractivity contribution in [3.8, 4) is 0 Å². The largest absolute Gasteiger partial charge is 0.467 e. The molecule has 28 heavy (non-hydrogen) atoms. The topological polar surface area (TPSA) is 96.3 Å². The first kappa shape index (κ1) is 19.2. The first-order valence-electron chi connectivity index (χ1n) is 8.81. The molecular weight excluding hydrogens is 356 g/mol. The van der Waals surface area contributed by atoms with Gasteiger partial charge in [-0.1, -0.05) is 26.8 Å². The summed E-state index contributed by atoms with van der Waals surface area (Å²) in [6.45, 7) is 6.09. The van der Waals surface area contributed by atoms with E-state index in [1.165, 1.54) is 6.26 Å². The summed E-state index contributed by atoms with van der Waals surface area (Å²) in [6, 6.07) is 13.3. The molecule has 2 aromatic heterocycles. The molecule has 3 aromatic rings. The van der Waals surface area contributed by atoms with Crippen LogP contribution < -0.4 is 16.0 Å². The van der Waals surface area contributed by atoms with Crippen molar-refractivity contribution in [1.29, 1.82) is 0 Å². The van der Waals surface area contributed by atoms with Gasteiger partial charge >= 0.3 is 6.03 Å². The van der Waals surface area contributed by atoms with Crippen molar-refractivity contribution in [3.05, 3.63) is 72.4 Å². The molecule has 0 unspecified atom stereocenters. The van der Waals surface area contributed by atoms with E-state index in [0.717, 1.165) is 5.76 Å². The van der Waals surface area contributed by atoms with Crippen molar-refractivity contribution in [2.75, 3.05) is 16.0 Å². The average Bonchev–Trinajstić information content (AvgIpc) is 3.13. The number of pyridine rings is 1. The van der Waals surface area contributed by atoms with Gasteiger partial charge < -0.3 is 20.4 Å². The molecule has 0 spiro atoms. The number of benzene rings is 1. The fraction of sp³-hybridized carbons (Fsp3) is 0.190. The Bertz CT molecular complexity index is 957. The number of nitrogens with one attached hydrogen (secondary N) is 3. The molecule has 1 aromatic carbocycles. The maximum atomic E-state index is 12.1. The fourth-order valence-electron chi connectivity index (χ4n) is 2.42. The molecule has 0 aliphatic rings. The number of furan rings is 1.